The molecule has 0 aliphatic heterocycles. The third-order valence-electron chi connectivity index (χ3n) is 5.11. The van der Waals surface area contributed by atoms with Gasteiger partial charge in [0.05, 0.1) is 0 Å². The minimum atomic E-state index is -4.75. The van der Waals surface area contributed by atoms with Gasteiger partial charge < -0.3 is 19.1 Å². The number of halogens is 3. The van der Waals surface area contributed by atoms with Crippen molar-refractivity contribution in [1.82, 2.24) is 20.0 Å². The van der Waals surface area contributed by atoms with Crippen molar-refractivity contribution in [2.45, 2.75) is 51.1 Å². The van der Waals surface area contributed by atoms with Gasteiger partial charge in [0.2, 0.25) is 11.7 Å². The van der Waals surface area contributed by atoms with Gasteiger partial charge in [-0.15, -0.1) is 13.2 Å². The summed E-state index contributed by atoms with van der Waals surface area (Å²) < 4.78 is 47.8. The molecule has 3 aromatic rings. The smallest absolute Gasteiger partial charge is 0.406 e. The molecule has 164 valence electrons. The molecule has 0 saturated heterocycles. The third-order valence-corrected chi connectivity index (χ3v) is 5.11. The van der Waals surface area contributed by atoms with Crippen LogP contribution in [0.5, 0.6) is 5.75 Å². The number of aromatic nitrogens is 3. The summed E-state index contributed by atoms with van der Waals surface area (Å²) in [5, 5.41) is 6.97. The molecule has 1 aromatic carbocycles. The molecule has 1 saturated carbocycles. The zero-order valence-electron chi connectivity index (χ0n) is 16.6. The van der Waals surface area contributed by atoms with Crippen LogP contribution in [0.1, 0.15) is 32.1 Å². The first-order valence-corrected chi connectivity index (χ1v) is 10.0. The van der Waals surface area contributed by atoms with Crippen LogP contribution >= 0.6 is 0 Å². The first kappa shape index (κ1) is 21.0. The quantitative estimate of drug-likeness (QED) is 0.615. The average Bonchev–Trinajstić information content (AvgIpc) is 3.37. The van der Waals surface area contributed by atoms with Crippen LogP contribution in [0.4, 0.5) is 13.2 Å². The summed E-state index contributed by atoms with van der Waals surface area (Å²) in [6.07, 6.45) is 2.49. The Morgan fingerprint density at radius 3 is 2.61 bits per heavy atom. The lowest BCUT2D eigenvalue weighted by atomic mass is 9.95. The van der Waals surface area contributed by atoms with Gasteiger partial charge >= 0.3 is 6.36 Å². The molecule has 2 heterocycles. The van der Waals surface area contributed by atoms with Crippen molar-refractivity contribution in [3.8, 4) is 28.7 Å². The van der Waals surface area contributed by atoms with Crippen molar-refractivity contribution in [3.63, 3.8) is 0 Å². The second-order valence-corrected chi connectivity index (χ2v) is 7.42. The summed E-state index contributed by atoms with van der Waals surface area (Å²) in [6, 6.07) is 8.93. The molecule has 1 fully saturated rings. The molecule has 0 atom stereocenters. The Morgan fingerprint density at radius 1 is 1.16 bits per heavy atom. The summed E-state index contributed by atoms with van der Waals surface area (Å²) in [5.41, 5.74) is 1.05. The van der Waals surface area contributed by atoms with E-state index < -0.39 is 6.36 Å². The van der Waals surface area contributed by atoms with Gasteiger partial charge in [0.1, 0.15) is 18.0 Å². The molecule has 0 bridgehead atoms. The normalized spacial score (nSPS) is 15.1. The lowest BCUT2D eigenvalue weighted by Crippen LogP contribution is -2.38. The Labute approximate surface area is 176 Å². The van der Waals surface area contributed by atoms with E-state index in [1.165, 1.54) is 30.7 Å². The van der Waals surface area contributed by atoms with E-state index in [-0.39, 0.29) is 36.0 Å². The summed E-state index contributed by atoms with van der Waals surface area (Å²) in [6.45, 7) is 0.125. The predicted octanol–water partition coefficient (Wildman–Crippen LogP) is 4.55. The van der Waals surface area contributed by atoms with Crippen LogP contribution < -0.4 is 10.1 Å². The monoisotopic (exact) mass is 434 g/mol. The first-order chi connectivity index (χ1) is 14.9. The zero-order chi connectivity index (χ0) is 21.8. The lowest BCUT2D eigenvalue weighted by Gasteiger charge is -2.23. The zero-order valence-corrected chi connectivity index (χ0v) is 16.6. The van der Waals surface area contributed by atoms with E-state index in [1.54, 1.807) is 22.9 Å². The van der Waals surface area contributed by atoms with Gasteiger partial charge in [-0.2, -0.15) is 4.98 Å². The summed E-state index contributed by atoms with van der Waals surface area (Å²) in [4.78, 5) is 16.7. The number of ether oxygens (including phenoxy) is 1. The maximum absolute atomic E-state index is 12.4. The number of alkyl halides is 3. The summed E-state index contributed by atoms with van der Waals surface area (Å²) in [5.74, 6) is 0.0104. The lowest BCUT2D eigenvalue weighted by molar-refractivity contribution is -0.274. The van der Waals surface area contributed by atoms with Crippen LogP contribution in [-0.4, -0.2) is 33.0 Å². The molecule has 1 aliphatic rings. The van der Waals surface area contributed by atoms with Crippen LogP contribution in [0, 0.1) is 0 Å². The number of hydrogen-bond acceptors (Lipinski definition) is 5. The minimum absolute atomic E-state index is 0.0793. The van der Waals surface area contributed by atoms with Crippen molar-refractivity contribution in [3.05, 3.63) is 42.6 Å². The minimum Gasteiger partial charge on any atom is -0.406 e. The number of carbonyl (C=O) groups is 1. The highest BCUT2D eigenvalue weighted by molar-refractivity contribution is 5.76. The van der Waals surface area contributed by atoms with Gasteiger partial charge in [0, 0.05) is 17.8 Å². The number of benzene rings is 1. The van der Waals surface area contributed by atoms with E-state index in [2.05, 4.69) is 20.2 Å². The van der Waals surface area contributed by atoms with Gasteiger partial charge in [-0.3, -0.25) is 4.79 Å². The molecule has 0 radical (unpaired) electrons. The van der Waals surface area contributed by atoms with Crippen molar-refractivity contribution in [1.29, 1.82) is 0 Å². The molecule has 2 aromatic heterocycles. The Kier molecular flexibility index (Phi) is 5.97. The van der Waals surface area contributed by atoms with Gasteiger partial charge in [0.15, 0.2) is 0 Å². The average molecular weight is 434 g/mol. The molecule has 4 rings (SSSR count). The first-order valence-electron chi connectivity index (χ1n) is 10.0. The van der Waals surface area contributed by atoms with E-state index in [0.717, 1.165) is 25.7 Å². The standard InChI is InChI=1S/C21H21F3N4O3/c22-21(23,24)30-16-10-8-14(9-11-16)19-26-20(31-27-19)17-7-4-12-28(17)13-18(29)25-15-5-2-1-3-6-15/h4,7-12,15H,1-3,5-6,13H2,(H,25,29). The van der Waals surface area contributed by atoms with Crippen LogP contribution in [0.2, 0.25) is 0 Å². The van der Waals surface area contributed by atoms with E-state index in [9.17, 15) is 18.0 Å². The molecule has 31 heavy (non-hydrogen) atoms. The maximum Gasteiger partial charge on any atom is 0.573 e. The van der Waals surface area contributed by atoms with E-state index >= 15 is 0 Å². The topological polar surface area (TPSA) is 82.2 Å². The second-order valence-electron chi connectivity index (χ2n) is 7.42. The van der Waals surface area contributed by atoms with Crippen molar-refractivity contribution in [2.24, 2.45) is 0 Å². The fourth-order valence-corrected chi connectivity index (χ4v) is 3.67. The van der Waals surface area contributed by atoms with E-state index in [4.69, 9.17) is 4.52 Å². The van der Waals surface area contributed by atoms with E-state index in [1.807, 2.05) is 0 Å². The number of amides is 1. The maximum atomic E-state index is 12.4. The Hall–Kier alpha value is -3.30. The second kappa shape index (κ2) is 8.83. The fraction of sp³-hybridized carbons (Fsp3) is 0.381. The summed E-state index contributed by atoms with van der Waals surface area (Å²) >= 11 is 0. The third kappa shape index (κ3) is 5.44. The molecule has 0 unspecified atom stereocenters. The van der Waals surface area contributed by atoms with Crippen molar-refractivity contribution < 1.29 is 27.2 Å². The van der Waals surface area contributed by atoms with E-state index in [0.29, 0.717) is 11.3 Å². The molecule has 0 spiro atoms. The molecule has 1 aliphatic carbocycles. The summed E-state index contributed by atoms with van der Waals surface area (Å²) in [7, 11) is 0. The van der Waals surface area contributed by atoms with Crippen LogP contribution in [0.15, 0.2) is 47.1 Å². The van der Waals surface area contributed by atoms with Gasteiger partial charge in [0.25, 0.3) is 5.89 Å². The fourth-order valence-electron chi connectivity index (χ4n) is 3.67. The molecular weight excluding hydrogens is 413 g/mol. The molecule has 7 nitrogen and oxygen atoms in total. The molecule has 1 amide bonds. The van der Waals surface area contributed by atoms with Crippen molar-refractivity contribution in [2.75, 3.05) is 0 Å². The number of carbonyl (C=O) groups excluding carboxylic acids is 1. The van der Waals surface area contributed by atoms with Crippen LogP contribution in [0.25, 0.3) is 23.0 Å². The largest absolute Gasteiger partial charge is 0.573 e. The van der Waals surface area contributed by atoms with Crippen LogP contribution in [-0.2, 0) is 11.3 Å². The van der Waals surface area contributed by atoms with Gasteiger partial charge in [-0.05, 0) is 49.2 Å². The highest BCUT2D eigenvalue weighted by Crippen LogP contribution is 2.27. The predicted molar refractivity (Wildman–Crippen MR) is 105 cm³/mol. The van der Waals surface area contributed by atoms with Gasteiger partial charge in [-0.1, -0.05) is 24.4 Å². The Bertz CT molecular complexity index is 1020. The Balaban J connectivity index is 1.44. The molecule has 1 N–H and O–H groups in total. The SMILES string of the molecule is O=C(Cn1cccc1-c1nc(-c2ccc(OC(F)(F)F)cc2)no1)NC1CCCCC1. The molecule has 10 heteroatoms. The number of nitrogens with one attached hydrogen (secondary N) is 1. The van der Waals surface area contributed by atoms with Crippen molar-refractivity contribution >= 4 is 5.91 Å². The number of nitrogens with zero attached hydrogens (tertiary/aromatic N) is 3. The van der Waals surface area contributed by atoms with Gasteiger partial charge in [-0.25, -0.2) is 0 Å². The highest BCUT2D eigenvalue weighted by atomic mass is 19.4. The van der Waals surface area contributed by atoms with Crippen LogP contribution in [0.3, 0.4) is 0 Å². The molecular formula is C21H21F3N4O3. The number of hydrogen-bond donors (Lipinski definition) is 1. The highest BCUT2D eigenvalue weighted by Gasteiger charge is 2.31. The Morgan fingerprint density at radius 2 is 1.90 bits per heavy atom. The number of rotatable bonds is 6.